The van der Waals surface area contributed by atoms with E-state index in [1.165, 1.54) is 18.2 Å². The summed E-state index contributed by atoms with van der Waals surface area (Å²) in [6.45, 7) is 5.52. The molecule has 0 amide bonds. The van der Waals surface area contributed by atoms with Gasteiger partial charge in [-0.3, -0.25) is 4.68 Å². The van der Waals surface area contributed by atoms with Gasteiger partial charge in [-0.1, -0.05) is 12.1 Å². The number of aromatic nitrogens is 2. The van der Waals surface area contributed by atoms with Gasteiger partial charge in [0.05, 0.1) is 11.4 Å². The van der Waals surface area contributed by atoms with Crippen molar-refractivity contribution in [3.05, 3.63) is 52.6 Å². The third-order valence-electron chi connectivity index (χ3n) is 3.60. The number of rotatable bonds is 5. The first-order valence-corrected chi connectivity index (χ1v) is 8.59. The van der Waals surface area contributed by atoms with E-state index in [1.807, 2.05) is 20.9 Å². The highest BCUT2D eigenvalue weighted by Gasteiger charge is 2.21. The van der Waals surface area contributed by atoms with Gasteiger partial charge in [-0.2, -0.15) is 5.10 Å². The minimum Gasteiger partial charge on any atom is -0.272 e. The zero-order valence-electron chi connectivity index (χ0n) is 13.1. The number of halogens is 1. The molecule has 1 unspecified atom stereocenters. The molecule has 0 spiro atoms. The Morgan fingerprint density at radius 3 is 2.59 bits per heavy atom. The lowest BCUT2D eigenvalue weighted by Crippen LogP contribution is -2.28. The van der Waals surface area contributed by atoms with Gasteiger partial charge in [0.15, 0.2) is 0 Å². The van der Waals surface area contributed by atoms with E-state index >= 15 is 0 Å². The minimum atomic E-state index is -3.58. The SMILES string of the molecule is Cc1nn(C)c(C)c1C(C)NS(=O)(=O)Cc1cccc(F)c1. The topological polar surface area (TPSA) is 64.0 Å². The van der Waals surface area contributed by atoms with Gasteiger partial charge in [0.2, 0.25) is 10.0 Å². The smallest absolute Gasteiger partial charge is 0.216 e. The maximum Gasteiger partial charge on any atom is 0.216 e. The molecule has 1 aromatic carbocycles. The zero-order chi connectivity index (χ0) is 16.5. The van der Waals surface area contributed by atoms with Crippen LogP contribution in [0, 0.1) is 19.7 Å². The molecular formula is C15H20FN3O2S. The summed E-state index contributed by atoms with van der Waals surface area (Å²) in [5.41, 5.74) is 2.99. The lowest BCUT2D eigenvalue weighted by atomic mass is 10.1. The Bertz CT molecular complexity index is 784. The summed E-state index contributed by atoms with van der Waals surface area (Å²) >= 11 is 0. The largest absolute Gasteiger partial charge is 0.272 e. The van der Waals surface area contributed by atoms with Gasteiger partial charge >= 0.3 is 0 Å². The number of nitrogens with zero attached hydrogens (tertiary/aromatic N) is 2. The Balaban J connectivity index is 2.18. The van der Waals surface area contributed by atoms with Crippen molar-refractivity contribution in [2.45, 2.75) is 32.6 Å². The van der Waals surface area contributed by atoms with E-state index in [4.69, 9.17) is 0 Å². The van der Waals surface area contributed by atoms with Crippen molar-refractivity contribution in [3.63, 3.8) is 0 Å². The Kier molecular flexibility index (Phi) is 4.67. The molecule has 0 bridgehead atoms. The van der Waals surface area contributed by atoms with Crippen LogP contribution >= 0.6 is 0 Å². The molecule has 22 heavy (non-hydrogen) atoms. The first kappa shape index (κ1) is 16.6. The quantitative estimate of drug-likeness (QED) is 0.918. The zero-order valence-corrected chi connectivity index (χ0v) is 13.9. The fourth-order valence-corrected chi connectivity index (χ4v) is 3.99. The van der Waals surface area contributed by atoms with Gasteiger partial charge < -0.3 is 0 Å². The molecule has 0 aliphatic carbocycles. The average Bonchev–Trinajstić information content (AvgIpc) is 2.61. The van der Waals surface area contributed by atoms with Crippen LogP contribution in [0.2, 0.25) is 0 Å². The van der Waals surface area contributed by atoms with Crippen LogP contribution in [0.4, 0.5) is 4.39 Å². The molecule has 0 saturated carbocycles. The third-order valence-corrected chi connectivity index (χ3v) is 5.03. The highest BCUT2D eigenvalue weighted by molar-refractivity contribution is 7.88. The van der Waals surface area contributed by atoms with Crippen LogP contribution in [-0.4, -0.2) is 18.2 Å². The summed E-state index contributed by atoms with van der Waals surface area (Å²) in [4.78, 5) is 0. The summed E-state index contributed by atoms with van der Waals surface area (Å²) in [6, 6.07) is 5.21. The predicted molar refractivity (Wildman–Crippen MR) is 83.3 cm³/mol. The predicted octanol–water partition coefficient (Wildman–Crippen LogP) is 2.36. The molecule has 0 saturated heterocycles. The lowest BCUT2D eigenvalue weighted by molar-refractivity contribution is 0.564. The van der Waals surface area contributed by atoms with Crippen molar-refractivity contribution in [3.8, 4) is 0 Å². The highest BCUT2D eigenvalue weighted by atomic mass is 32.2. The Labute approximate surface area is 130 Å². The van der Waals surface area contributed by atoms with E-state index in [1.54, 1.807) is 17.7 Å². The van der Waals surface area contributed by atoms with Gasteiger partial charge in [0, 0.05) is 24.3 Å². The van der Waals surface area contributed by atoms with Crippen molar-refractivity contribution in [1.82, 2.24) is 14.5 Å². The van der Waals surface area contributed by atoms with Crippen molar-refractivity contribution < 1.29 is 12.8 Å². The molecular weight excluding hydrogens is 305 g/mol. The summed E-state index contributed by atoms with van der Waals surface area (Å²) in [5, 5.41) is 4.29. The molecule has 1 N–H and O–H groups in total. The number of hydrogen-bond acceptors (Lipinski definition) is 3. The van der Waals surface area contributed by atoms with Gasteiger partial charge in [0.1, 0.15) is 5.82 Å². The molecule has 2 rings (SSSR count). The molecule has 1 heterocycles. The summed E-state index contributed by atoms with van der Waals surface area (Å²) in [6.07, 6.45) is 0. The molecule has 2 aromatic rings. The van der Waals surface area contributed by atoms with Gasteiger partial charge in [0.25, 0.3) is 0 Å². The summed E-state index contributed by atoms with van der Waals surface area (Å²) in [7, 11) is -1.76. The molecule has 7 heteroatoms. The standard InChI is InChI=1S/C15H20FN3O2S/c1-10-15(12(3)19(4)17-10)11(2)18-22(20,21)9-13-6-5-7-14(16)8-13/h5-8,11,18H,9H2,1-4H3. The second-order valence-corrected chi connectivity index (χ2v) is 7.19. The van der Waals surface area contributed by atoms with E-state index in [9.17, 15) is 12.8 Å². The fourth-order valence-electron chi connectivity index (χ4n) is 2.63. The number of sulfonamides is 1. The Morgan fingerprint density at radius 1 is 1.36 bits per heavy atom. The van der Waals surface area contributed by atoms with Crippen LogP contribution in [0.25, 0.3) is 0 Å². The Morgan fingerprint density at radius 2 is 2.05 bits per heavy atom. The van der Waals surface area contributed by atoms with E-state index in [2.05, 4.69) is 9.82 Å². The van der Waals surface area contributed by atoms with Crippen LogP contribution in [0.15, 0.2) is 24.3 Å². The molecule has 0 fully saturated rings. The van der Waals surface area contributed by atoms with Gasteiger partial charge in [-0.05, 0) is 38.5 Å². The average molecular weight is 325 g/mol. The van der Waals surface area contributed by atoms with Crippen LogP contribution in [-0.2, 0) is 22.8 Å². The van der Waals surface area contributed by atoms with E-state index < -0.39 is 21.9 Å². The first-order valence-electron chi connectivity index (χ1n) is 6.94. The minimum absolute atomic E-state index is 0.256. The maximum atomic E-state index is 13.2. The summed E-state index contributed by atoms with van der Waals surface area (Å²) < 4.78 is 42.0. The van der Waals surface area contributed by atoms with Crippen LogP contribution in [0.1, 0.15) is 35.5 Å². The molecule has 5 nitrogen and oxygen atoms in total. The second kappa shape index (κ2) is 6.18. The van der Waals surface area contributed by atoms with E-state index in [0.717, 1.165) is 17.0 Å². The van der Waals surface area contributed by atoms with E-state index in [-0.39, 0.29) is 5.75 Å². The van der Waals surface area contributed by atoms with Gasteiger partial charge in [-0.15, -0.1) is 0 Å². The molecule has 0 aliphatic rings. The highest BCUT2D eigenvalue weighted by Crippen LogP contribution is 2.22. The van der Waals surface area contributed by atoms with Crippen LogP contribution in [0.5, 0.6) is 0 Å². The molecule has 0 aliphatic heterocycles. The molecule has 120 valence electrons. The van der Waals surface area contributed by atoms with Crippen LogP contribution < -0.4 is 4.72 Å². The van der Waals surface area contributed by atoms with Crippen molar-refractivity contribution in [2.75, 3.05) is 0 Å². The normalized spacial score (nSPS) is 13.3. The molecule has 0 radical (unpaired) electrons. The second-order valence-electron chi connectivity index (χ2n) is 5.44. The number of hydrogen-bond donors (Lipinski definition) is 1. The summed E-state index contributed by atoms with van der Waals surface area (Å²) in [5.74, 6) is -0.701. The third kappa shape index (κ3) is 3.72. The van der Waals surface area contributed by atoms with Gasteiger partial charge in [-0.25, -0.2) is 17.5 Å². The number of aryl methyl sites for hydroxylation is 2. The van der Waals surface area contributed by atoms with E-state index in [0.29, 0.717) is 5.56 Å². The monoisotopic (exact) mass is 325 g/mol. The molecule has 1 aromatic heterocycles. The number of benzene rings is 1. The number of nitrogens with one attached hydrogen (secondary N) is 1. The van der Waals surface area contributed by atoms with Crippen molar-refractivity contribution in [1.29, 1.82) is 0 Å². The van der Waals surface area contributed by atoms with Crippen LogP contribution in [0.3, 0.4) is 0 Å². The molecule has 1 atom stereocenters. The maximum absolute atomic E-state index is 13.2. The first-order chi connectivity index (χ1) is 10.2. The Hall–Kier alpha value is -1.73. The van der Waals surface area contributed by atoms with Crippen molar-refractivity contribution >= 4 is 10.0 Å². The lowest BCUT2D eigenvalue weighted by Gasteiger charge is -2.15. The fraction of sp³-hybridized carbons (Fsp3) is 0.400. The van der Waals surface area contributed by atoms with Crippen molar-refractivity contribution in [2.24, 2.45) is 7.05 Å².